The molecule has 82 valence electrons. The van der Waals surface area contributed by atoms with Crippen LogP contribution in [0.5, 0.6) is 0 Å². The first kappa shape index (κ1) is 11.0. The summed E-state index contributed by atoms with van der Waals surface area (Å²) in [5, 5.41) is 3.92. The monoisotopic (exact) mass is 231 g/mol. The highest BCUT2D eigenvalue weighted by atomic mass is 32.2. The highest BCUT2D eigenvalue weighted by Crippen LogP contribution is 2.20. The van der Waals surface area contributed by atoms with Crippen LogP contribution in [0.4, 0.5) is 5.95 Å². The fourth-order valence-corrected chi connectivity index (χ4v) is 2.09. The van der Waals surface area contributed by atoms with Gasteiger partial charge in [-0.25, -0.2) is 9.97 Å². The van der Waals surface area contributed by atoms with Gasteiger partial charge in [0.2, 0.25) is 5.95 Å². The minimum Gasteiger partial charge on any atom is -0.357 e. The highest BCUT2D eigenvalue weighted by Gasteiger charge is 1.99. The van der Waals surface area contributed by atoms with E-state index in [1.807, 2.05) is 19.2 Å². The summed E-state index contributed by atoms with van der Waals surface area (Å²) < 4.78 is 0. The van der Waals surface area contributed by atoms with E-state index in [2.05, 4.69) is 39.6 Å². The summed E-state index contributed by atoms with van der Waals surface area (Å²) in [7, 11) is 1.82. The summed E-state index contributed by atoms with van der Waals surface area (Å²) in [6, 6.07) is 12.3. The third-order valence-corrected chi connectivity index (χ3v) is 3.08. The van der Waals surface area contributed by atoms with Crippen LogP contribution >= 0.6 is 11.8 Å². The van der Waals surface area contributed by atoms with Crippen molar-refractivity contribution in [2.45, 2.75) is 10.8 Å². The zero-order valence-electron chi connectivity index (χ0n) is 9.05. The van der Waals surface area contributed by atoms with E-state index in [1.54, 1.807) is 18.0 Å². The van der Waals surface area contributed by atoms with Crippen LogP contribution in [-0.4, -0.2) is 17.0 Å². The average Bonchev–Trinajstić information content (AvgIpc) is 2.38. The second-order valence-electron chi connectivity index (χ2n) is 3.24. The van der Waals surface area contributed by atoms with Crippen LogP contribution in [0.1, 0.15) is 5.56 Å². The Hall–Kier alpha value is -1.55. The van der Waals surface area contributed by atoms with Crippen molar-refractivity contribution >= 4 is 17.7 Å². The first-order valence-corrected chi connectivity index (χ1v) is 6.04. The molecule has 1 heterocycles. The van der Waals surface area contributed by atoms with Gasteiger partial charge in [0.1, 0.15) is 5.03 Å². The summed E-state index contributed by atoms with van der Waals surface area (Å²) in [5.74, 6) is 1.60. The van der Waals surface area contributed by atoms with Crippen molar-refractivity contribution < 1.29 is 0 Å². The number of aromatic nitrogens is 2. The molecule has 0 fully saturated rings. The van der Waals surface area contributed by atoms with Crippen LogP contribution in [0, 0.1) is 0 Å². The number of nitrogens with one attached hydrogen (secondary N) is 1. The van der Waals surface area contributed by atoms with Crippen molar-refractivity contribution in [3.63, 3.8) is 0 Å². The molecule has 0 unspecified atom stereocenters. The maximum Gasteiger partial charge on any atom is 0.223 e. The Morgan fingerprint density at radius 3 is 2.75 bits per heavy atom. The number of nitrogens with zero attached hydrogens (tertiary/aromatic N) is 2. The zero-order chi connectivity index (χ0) is 11.2. The Labute approximate surface area is 99.3 Å². The molecule has 2 rings (SSSR count). The fraction of sp³-hybridized carbons (Fsp3) is 0.167. The molecule has 2 aromatic rings. The molecule has 1 aromatic carbocycles. The van der Waals surface area contributed by atoms with Gasteiger partial charge in [-0.2, -0.15) is 0 Å². The van der Waals surface area contributed by atoms with E-state index < -0.39 is 0 Å². The molecule has 0 saturated heterocycles. The molecule has 0 aliphatic carbocycles. The normalized spacial score (nSPS) is 10.1. The minimum atomic E-state index is 0.665. The quantitative estimate of drug-likeness (QED) is 0.648. The van der Waals surface area contributed by atoms with Crippen LogP contribution in [0.15, 0.2) is 47.6 Å². The molecule has 0 amide bonds. The molecule has 16 heavy (non-hydrogen) atoms. The third kappa shape index (κ3) is 2.97. The van der Waals surface area contributed by atoms with Crippen LogP contribution in [0.2, 0.25) is 0 Å². The lowest BCUT2D eigenvalue weighted by molar-refractivity contribution is 1.04. The number of thioether (sulfide) groups is 1. The Balaban J connectivity index is 1.99. The van der Waals surface area contributed by atoms with Crippen molar-refractivity contribution in [3.05, 3.63) is 48.2 Å². The van der Waals surface area contributed by atoms with Gasteiger partial charge in [0.15, 0.2) is 0 Å². The summed E-state index contributed by atoms with van der Waals surface area (Å²) in [4.78, 5) is 8.42. The summed E-state index contributed by atoms with van der Waals surface area (Å²) >= 11 is 1.71. The molecule has 0 atom stereocenters. The van der Waals surface area contributed by atoms with Crippen LogP contribution < -0.4 is 5.32 Å². The Morgan fingerprint density at radius 1 is 1.19 bits per heavy atom. The number of hydrogen-bond donors (Lipinski definition) is 1. The largest absolute Gasteiger partial charge is 0.357 e. The van der Waals surface area contributed by atoms with Gasteiger partial charge >= 0.3 is 0 Å². The Bertz CT molecular complexity index is 445. The molecule has 1 N–H and O–H groups in total. The third-order valence-electron chi connectivity index (χ3n) is 2.08. The van der Waals surface area contributed by atoms with Crippen molar-refractivity contribution in [2.24, 2.45) is 0 Å². The van der Waals surface area contributed by atoms with Gasteiger partial charge in [-0.15, -0.1) is 11.8 Å². The molecule has 0 aliphatic rings. The molecule has 3 nitrogen and oxygen atoms in total. The SMILES string of the molecule is CNc1nccc(SCc2ccccc2)n1. The van der Waals surface area contributed by atoms with Gasteiger partial charge in [-0.1, -0.05) is 30.3 Å². The number of benzene rings is 1. The van der Waals surface area contributed by atoms with E-state index in [0.29, 0.717) is 5.95 Å². The van der Waals surface area contributed by atoms with Crippen LogP contribution in [0.25, 0.3) is 0 Å². The van der Waals surface area contributed by atoms with E-state index in [0.717, 1.165) is 10.8 Å². The van der Waals surface area contributed by atoms with E-state index >= 15 is 0 Å². The van der Waals surface area contributed by atoms with Gasteiger partial charge < -0.3 is 5.32 Å². The topological polar surface area (TPSA) is 37.8 Å². The summed E-state index contributed by atoms with van der Waals surface area (Å²) in [5.41, 5.74) is 1.30. The van der Waals surface area contributed by atoms with Crippen molar-refractivity contribution in [1.82, 2.24) is 9.97 Å². The minimum absolute atomic E-state index is 0.665. The van der Waals surface area contributed by atoms with E-state index in [-0.39, 0.29) is 0 Å². The van der Waals surface area contributed by atoms with E-state index in [4.69, 9.17) is 0 Å². The Morgan fingerprint density at radius 2 is 2.00 bits per heavy atom. The van der Waals surface area contributed by atoms with Gasteiger partial charge in [0.05, 0.1) is 0 Å². The van der Waals surface area contributed by atoms with Crippen molar-refractivity contribution in [1.29, 1.82) is 0 Å². The lowest BCUT2D eigenvalue weighted by Crippen LogP contribution is -1.95. The zero-order valence-corrected chi connectivity index (χ0v) is 9.87. The summed E-state index contributed by atoms with van der Waals surface area (Å²) in [6.45, 7) is 0. The van der Waals surface area contributed by atoms with Gasteiger partial charge in [0, 0.05) is 19.0 Å². The standard InChI is InChI=1S/C12H13N3S/c1-13-12-14-8-7-11(15-12)16-9-10-5-3-2-4-6-10/h2-8H,9H2,1H3,(H,13,14,15). The maximum atomic E-state index is 4.35. The van der Waals surface area contributed by atoms with Crippen LogP contribution in [-0.2, 0) is 5.75 Å². The predicted octanol–water partition coefficient (Wildman–Crippen LogP) is 2.81. The van der Waals surface area contributed by atoms with Crippen LogP contribution in [0.3, 0.4) is 0 Å². The molecular formula is C12H13N3S. The summed E-state index contributed by atoms with van der Waals surface area (Å²) in [6.07, 6.45) is 1.77. The predicted molar refractivity (Wildman–Crippen MR) is 67.6 cm³/mol. The molecule has 4 heteroatoms. The molecule has 0 aliphatic heterocycles. The molecule has 0 radical (unpaired) electrons. The number of anilines is 1. The average molecular weight is 231 g/mol. The molecule has 0 saturated carbocycles. The van der Waals surface area contributed by atoms with Gasteiger partial charge in [-0.3, -0.25) is 0 Å². The molecule has 0 spiro atoms. The highest BCUT2D eigenvalue weighted by molar-refractivity contribution is 7.98. The molecule has 0 bridgehead atoms. The van der Waals surface area contributed by atoms with Crippen molar-refractivity contribution in [3.8, 4) is 0 Å². The van der Waals surface area contributed by atoms with E-state index in [1.165, 1.54) is 5.56 Å². The first-order chi connectivity index (χ1) is 7.88. The fourth-order valence-electron chi connectivity index (χ4n) is 1.27. The molecular weight excluding hydrogens is 218 g/mol. The maximum absolute atomic E-state index is 4.35. The molecule has 1 aromatic heterocycles. The van der Waals surface area contributed by atoms with E-state index in [9.17, 15) is 0 Å². The Kier molecular flexibility index (Phi) is 3.77. The smallest absolute Gasteiger partial charge is 0.223 e. The lowest BCUT2D eigenvalue weighted by Gasteiger charge is -2.02. The lowest BCUT2D eigenvalue weighted by atomic mass is 10.2. The second kappa shape index (κ2) is 5.51. The number of rotatable bonds is 4. The second-order valence-corrected chi connectivity index (χ2v) is 4.24. The first-order valence-electron chi connectivity index (χ1n) is 5.06. The van der Waals surface area contributed by atoms with Gasteiger partial charge in [0.25, 0.3) is 0 Å². The van der Waals surface area contributed by atoms with Gasteiger partial charge in [-0.05, 0) is 11.6 Å². The number of hydrogen-bond acceptors (Lipinski definition) is 4. The van der Waals surface area contributed by atoms with Crippen molar-refractivity contribution in [2.75, 3.05) is 12.4 Å².